The number of amides is 2. The van der Waals surface area contributed by atoms with E-state index in [1.807, 2.05) is 42.3 Å². The molecule has 6 nitrogen and oxygen atoms in total. The van der Waals surface area contributed by atoms with Crippen LogP contribution < -0.4 is 0 Å². The molecule has 0 aromatic carbocycles. The fourth-order valence-electron chi connectivity index (χ4n) is 3.96. The van der Waals surface area contributed by atoms with Gasteiger partial charge in [-0.1, -0.05) is 6.07 Å². The van der Waals surface area contributed by atoms with Crippen LogP contribution in [0.25, 0.3) is 0 Å². The summed E-state index contributed by atoms with van der Waals surface area (Å²) in [5.41, 5.74) is 2.15. The number of hydrogen-bond acceptors (Lipinski definition) is 4. The number of hydrogen-bond donors (Lipinski definition) is 0. The van der Waals surface area contributed by atoms with Crippen LogP contribution in [0.2, 0.25) is 0 Å². The summed E-state index contributed by atoms with van der Waals surface area (Å²) < 4.78 is 0. The molecule has 0 bridgehead atoms. The molecule has 0 aliphatic carbocycles. The zero-order valence-electron chi connectivity index (χ0n) is 17.9. The van der Waals surface area contributed by atoms with E-state index in [9.17, 15) is 9.59 Å². The standard InChI is InChI=1S/C24H32N4O2/c1-27(18-13-22-6-2-3-14-26-22)23(29)9-8-21-5-4-17-28(19-21)24(30)10-7-20-11-15-25-16-12-20/h2-3,6,11-12,14-16,21H,4-5,7-10,13,17-19H2,1H3/t21-/m1/s1. The molecule has 0 radical (unpaired) electrons. The zero-order valence-corrected chi connectivity index (χ0v) is 17.9. The summed E-state index contributed by atoms with van der Waals surface area (Å²) in [4.78, 5) is 37.2. The molecule has 2 amide bonds. The van der Waals surface area contributed by atoms with E-state index in [2.05, 4.69) is 9.97 Å². The normalized spacial score (nSPS) is 16.3. The summed E-state index contributed by atoms with van der Waals surface area (Å²) in [5.74, 6) is 0.805. The maximum Gasteiger partial charge on any atom is 0.222 e. The first-order chi connectivity index (χ1) is 14.6. The first-order valence-corrected chi connectivity index (χ1v) is 10.9. The minimum absolute atomic E-state index is 0.173. The van der Waals surface area contributed by atoms with E-state index < -0.39 is 0 Å². The van der Waals surface area contributed by atoms with Gasteiger partial charge in [-0.3, -0.25) is 19.6 Å². The van der Waals surface area contributed by atoms with Crippen molar-refractivity contribution in [3.8, 4) is 0 Å². The Labute approximate surface area is 179 Å². The zero-order chi connectivity index (χ0) is 21.2. The molecule has 0 spiro atoms. The average Bonchev–Trinajstić information content (AvgIpc) is 2.81. The quantitative estimate of drug-likeness (QED) is 0.639. The van der Waals surface area contributed by atoms with E-state index >= 15 is 0 Å². The lowest BCUT2D eigenvalue weighted by Crippen LogP contribution is -2.40. The minimum atomic E-state index is 0.173. The van der Waals surface area contributed by atoms with Gasteiger partial charge in [-0.25, -0.2) is 0 Å². The van der Waals surface area contributed by atoms with Crippen molar-refractivity contribution >= 4 is 11.8 Å². The maximum atomic E-state index is 12.6. The van der Waals surface area contributed by atoms with Crippen LogP contribution in [0.1, 0.15) is 43.4 Å². The number of piperidine rings is 1. The van der Waals surface area contributed by atoms with E-state index in [-0.39, 0.29) is 11.8 Å². The minimum Gasteiger partial charge on any atom is -0.345 e. The highest BCUT2D eigenvalue weighted by molar-refractivity contribution is 5.77. The second kappa shape index (κ2) is 11.4. The number of carbonyl (C=O) groups excluding carboxylic acids is 2. The summed E-state index contributed by atoms with van der Waals surface area (Å²) in [6, 6.07) is 9.78. The lowest BCUT2D eigenvalue weighted by atomic mass is 9.92. The average molecular weight is 409 g/mol. The fraction of sp³-hybridized carbons (Fsp3) is 0.500. The number of aryl methyl sites for hydroxylation is 1. The predicted molar refractivity (Wildman–Crippen MR) is 117 cm³/mol. The van der Waals surface area contributed by atoms with Crippen LogP contribution in [0, 0.1) is 5.92 Å². The first kappa shape index (κ1) is 21.9. The summed E-state index contributed by atoms with van der Waals surface area (Å²) in [5, 5.41) is 0. The lowest BCUT2D eigenvalue weighted by Gasteiger charge is -2.33. The summed E-state index contributed by atoms with van der Waals surface area (Å²) in [7, 11) is 1.86. The first-order valence-electron chi connectivity index (χ1n) is 10.9. The Kier molecular flexibility index (Phi) is 8.36. The number of likely N-dealkylation sites (tertiary alicyclic amines) is 1. The van der Waals surface area contributed by atoms with Gasteiger partial charge in [0.15, 0.2) is 0 Å². The second-order valence-corrected chi connectivity index (χ2v) is 8.13. The molecule has 3 heterocycles. The van der Waals surface area contributed by atoms with Crippen LogP contribution in [-0.4, -0.2) is 58.3 Å². The van der Waals surface area contributed by atoms with Crippen molar-refractivity contribution in [3.05, 3.63) is 60.2 Å². The van der Waals surface area contributed by atoms with E-state index in [4.69, 9.17) is 0 Å². The molecule has 1 aliphatic heterocycles. The molecular weight excluding hydrogens is 376 g/mol. The van der Waals surface area contributed by atoms with Gasteiger partial charge in [-0.15, -0.1) is 0 Å². The fourth-order valence-corrected chi connectivity index (χ4v) is 3.96. The number of carbonyl (C=O) groups is 2. The van der Waals surface area contributed by atoms with Gasteiger partial charge in [-0.05, 0) is 61.4 Å². The SMILES string of the molecule is CN(CCc1ccccn1)C(=O)CC[C@H]1CCCN(C(=O)CCc2ccncc2)C1. The third kappa shape index (κ3) is 6.94. The largest absolute Gasteiger partial charge is 0.345 e. The maximum absolute atomic E-state index is 12.6. The van der Waals surface area contributed by atoms with Crippen LogP contribution in [0.15, 0.2) is 48.9 Å². The van der Waals surface area contributed by atoms with Gasteiger partial charge in [0.2, 0.25) is 11.8 Å². The van der Waals surface area contributed by atoms with E-state index in [0.717, 1.165) is 56.5 Å². The van der Waals surface area contributed by atoms with Crippen molar-refractivity contribution in [2.24, 2.45) is 5.92 Å². The number of rotatable bonds is 9. The van der Waals surface area contributed by atoms with Gasteiger partial charge in [0.25, 0.3) is 0 Å². The molecule has 30 heavy (non-hydrogen) atoms. The molecule has 160 valence electrons. The topological polar surface area (TPSA) is 66.4 Å². The Morgan fingerprint density at radius 1 is 1.10 bits per heavy atom. The highest BCUT2D eigenvalue weighted by Crippen LogP contribution is 2.22. The highest BCUT2D eigenvalue weighted by atomic mass is 16.2. The van der Waals surface area contributed by atoms with Gasteiger partial charge < -0.3 is 9.80 Å². The van der Waals surface area contributed by atoms with E-state index in [0.29, 0.717) is 25.3 Å². The van der Waals surface area contributed by atoms with Crippen molar-refractivity contribution in [1.29, 1.82) is 0 Å². The van der Waals surface area contributed by atoms with Crippen LogP contribution >= 0.6 is 0 Å². The molecule has 2 aromatic rings. The van der Waals surface area contributed by atoms with Gasteiger partial charge in [0.05, 0.1) is 0 Å². The number of nitrogens with zero attached hydrogens (tertiary/aromatic N) is 4. The molecular formula is C24H32N4O2. The van der Waals surface area contributed by atoms with Gasteiger partial charge in [0, 0.05) is 70.2 Å². The van der Waals surface area contributed by atoms with Gasteiger partial charge in [0.1, 0.15) is 0 Å². The third-order valence-corrected chi connectivity index (χ3v) is 5.87. The van der Waals surface area contributed by atoms with Gasteiger partial charge >= 0.3 is 0 Å². The van der Waals surface area contributed by atoms with Crippen LogP contribution in [0.3, 0.4) is 0 Å². The lowest BCUT2D eigenvalue weighted by molar-refractivity contribution is -0.133. The molecule has 1 atom stereocenters. The Morgan fingerprint density at radius 2 is 1.93 bits per heavy atom. The number of likely N-dealkylation sites (N-methyl/N-ethyl adjacent to an activating group) is 1. The van der Waals surface area contributed by atoms with Crippen molar-refractivity contribution in [2.75, 3.05) is 26.7 Å². The predicted octanol–water partition coefficient (Wildman–Crippen LogP) is 3.13. The molecule has 0 N–H and O–H groups in total. The van der Waals surface area contributed by atoms with Crippen LogP contribution in [0.5, 0.6) is 0 Å². The Hall–Kier alpha value is -2.76. The summed E-state index contributed by atoms with van der Waals surface area (Å²) in [6.45, 7) is 2.30. The summed E-state index contributed by atoms with van der Waals surface area (Å²) >= 11 is 0. The third-order valence-electron chi connectivity index (χ3n) is 5.87. The Morgan fingerprint density at radius 3 is 2.70 bits per heavy atom. The van der Waals surface area contributed by atoms with Crippen molar-refractivity contribution in [1.82, 2.24) is 19.8 Å². The molecule has 6 heteroatoms. The molecule has 1 saturated heterocycles. The van der Waals surface area contributed by atoms with Crippen molar-refractivity contribution in [2.45, 2.75) is 44.9 Å². The van der Waals surface area contributed by atoms with E-state index in [1.165, 1.54) is 0 Å². The molecule has 1 fully saturated rings. The Bertz CT molecular complexity index is 797. The molecule has 0 saturated carbocycles. The highest BCUT2D eigenvalue weighted by Gasteiger charge is 2.24. The molecule has 2 aromatic heterocycles. The van der Waals surface area contributed by atoms with Crippen molar-refractivity contribution in [3.63, 3.8) is 0 Å². The number of pyridine rings is 2. The van der Waals surface area contributed by atoms with E-state index in [1.54, 1.807) is 23.5 Å². The number of aromatic nitrogens is 2. The molecule has 1 aliphatic rings. The summed E-state index contributed by atoms with van der Waals surface area (Å²) in [6.07, 6.45) is 10.9. The monoisotopic (exact) mass is 408 g/mol. The molecule has 3 rings (SSSR count). The van der Waals surface area contributed by atoms with Crippen molar-refractivity contribution < 1.29 is 9.59 Å². The second-order valence-electron chi connectivity index (χ2n) is 8.13. The Balaban J connectivity index is 1.37. The van der Waals surface area contributed by atoms with Gasteiger partial charge in [-0.2, -0.15) is 0 Å². The smallest absolute Gasteiger partial charge is 0.222 e. The van der Waals surface area contributed by atoms with Crippen LogP contribution in [0.4, 0.5) is 0 Å². The molecule has 0 unspecified atom stereocenters. The van der Waals surface area contributed by atoms with Crippen LogP contribution in [-0.2, 0) is 22.4 Å².